The molecule has 1 aromatic rings. The molecule has 0 unspecified atom stereocenters. The molecule has 0 atom stereocenters. The van der Waals surface area contributed by atoms with Crippen LogP contribution in [0.5, 0.6) is 11.5 Å². The lowest BCUT2D eigenvalue weighted by atomic mass is 10.2. The van der Waals surface area contributed by atoms with Gasteiger partial charge in [-0.2, -0.15) is 10.5 Å². The largest absolute Gasteiger partial charge is 0.460 e. The van der Waals surface area contributed by atoms with Crippen LogP contribution in [0.3, 0.4) is 0 Å². The third-order valence-corrected chi connectivity index (χ3v) is 11.1. The van der Waals surface area contributed by atoms with Crippen LogP contribution >= 0.6 is 47.0 Å². The summed E-state index contributed by atoms with van der Waals surface area (Å²) >= 11 is 5.82. The fraction of sp³-hybridized carbons (Fsp3) is 0.444. The second-order valence-electron chi connectivity index (χ2n) is 8.46. The van der Waals surface area contributed by atoms with E-state index in [0.29, 0.717) is 34.8 Å². The van der Waals surface area contributed by atoms with E-state index in [4.69, 9.17) is 9.47 Å². The number of rotatable bonds is 11. The van der Waals surface area contributed by atoms with Gasteiger partial charge in [-0.05, 0) is 26.7 Å². The molecule has 3 rings (SSSR count). The highest BCUT2D eigenvalue weighted by atomic mass is 32.2. The zero-order valence-corrected chi connectivity index (χ0v) is 24.4. The SMILES string of the molecule is C=C(CCCCC)Oc1c2c(c(OC(=O)CCCCC)c3c1S/C(=C(/C)C#N)S3)S/C(=C(\C)C#N)S2. The fourth-order valence-corrected chi connectivity index (χ4v) is 8.62. The van der Waals surface area contributed by atoms with Gasteiger partial charge in [-0.3, -0.25) is 4.79 Å². The molecular formula is C27H30N2O3S4. The van der Waals surface area contributed by atoms with Gasteiger partial charge in [0, 0.05) is 24.0 Å². The Morgan fingerprint density at radius 1 is 0.750 bits per heavy atom. The minimum absolute atomic E-state index is 0.273. The number of benzene rings is 1. The van der Waals surface area contributed by atoms with Crippen LogP contribution in [0.25, 0.3) is 0 Å². The van der Waals surface area contributed by atoms with Crippen molar-refractivity contribution in [1.82, 2.24) is 0 Å². The summed E-state index contributed by atoms with van der Waals surface area (Å²) in [5.41, 5.74) is 1.21. The van der Waals surface area contributed by atoms with Crippen LogP contribution < -0.4 is 9.47 Å². The quantitative estimate of drug-likeness (QED) is 0.0866. The van der Waals surface area contributed by atoms with E-state index < -0.39 is 0 Å². The smallest absolute Gasteiger partial charge is 0.311 e. The zero-order valence-electron chi connectivity index (χ0n) is 21.1. The van der Waals surface area contributed by atoms with Crippen LogP contribution in [0.4, 0.5) is 0 Å². The van der Waals surface area contributed by atoms with Gasteiger partial charge >= 0.3 is 5.97 Å². The van der Waals surface area contributed by atoms with E-state index in [1.165, 1.54) is 47.0 Å². The summed E-state index contributed by atoms with van der Waals surface area (Å²) in [4.78, 5) is 16.0. The summed E-state index contributed by atoms with van der Waals surface area (Å²) in [6.07, 6.45) is 7.07. The van der Waals surface area contributed by atoms with Crippen molar-refractivity contribution in [3.05, 3.63) is 32.0 Å². The average Bonchev–Trinajstić information content (AvgIpc) is 3.51. The summed E-state index contributed by atoms with van der Waals surface area (Å²) in [5.74, 6) is 1.58. The molecule has 0 N–H and O–H groups in total. The number of fused-ring (bicyclic) bond motifs is 2. The summed E-state index contributed by atoms with van der Waals surface area (Å²) in [6.45, 7) is 12.0. The Labute approximate surface area is 231 Å². The molecular weight excluding hydrogens is 529 g/mol. The van der Waals surface area contributed by atoms with E-state index in [1.54, 1.807) is 13.8 Å². The van der Waals surface area contributed by atoms with Gasteiger partial charge in [0.1, 0.15) is 0 Å². The maximum absolute atomic E-state index is 12.8. The van der Waals surface area contributed by atoms with Crippen molar-refractivity contribution in [2.24, 2.45) is 0 Å². The average molecular weight is 559 g/mol. The molecule has 0 saturated carbocycles. The van der Waals surface area contributed by atoms with Crippen LogP contribution in [-0.4, -0.2) is 5.97 Å². The highest BCUT2D eigenvalue weighted by molar-refractivity contribution is 8.25. The fourth-order valence-electron chi connectivity index (χ4n) is 3.44. The summed E-state index contributed by atoms with van der Waals surface area (Å²) in [7, 11) is 0. The molecule has 1 aromatic carbocycles. The monoisotopic (exact) mass is 558 g/mol. The van der Waals surface area contributed by atoms with Crippen molar-refractivity contribution in [3.8, 4) is 23.6 Å². The Bertz CT molecular complexity index is 1070. The molecule has 36 heavy (non-hydrogen) atoms. The molecule has 0 saturated heterocycles. The van der Waals surface area contributed by atoms with E-state index in [1.807, 2.05) is 0 Å². The Morgan fingerprint density at radius 3 is 1.58 bits per heavy atom. The van der Waals surface area contributed by atoms with Gasteiger partial charge in [-0.1, -0.05) is 93.2 Å². The molecule has 0 aliphatic carbocycles. The number of esters is 1. The Morgan fingerprint density at radius 2 is 1.17 bits per heavy atom. The van der Waals surface area contributed by atoms with Gasteiger partial charge in [-0.15, -0.1) is 0 Å². The molecule has 5 nitrogen and oxygen atoms in total. The minimum atomic E-state index is -0.273. The van der Waals surface area contributed by atoms with E-state index in [-0.39, 0.29) is 5.97 Å². The number of ether oxygens (including phenoxy) is 2. The predicted molar refractivity (Wildman–Crippen MR) is 150 cm³/mol. The first-order valence-electron chi connectivity index (χ1n) is 12.1. The molecule has 0 fully saturated rings. The number of hydrogen-bond donors (Lipinski definition) is 0. The van der Waals surface area contributed by atoms with Gasteiger partial charge < -0.3 is 9.47 Å². The van der Waals surface area contributed by atoms with Gasteiger partial charge in [0.05, 0.1) is 46.0 Å². The first-order valence-corrected chi connectivity index (χ1v) is 15.3. The topological polar surface area (TPSA) is 83.1 Å². The molecule has 0 amide bonds. The number of thioether (sulfide) groups is 4. The first-order chi connectivity index (χ1) is 17.3. The highest BCUT2D eigenvalue weighted by Gasteiger charge is 2.38. The first kappa shape index (κ1) is 28.7. The Hall–Kier alpha value is -1.91. The third-order valence-electron chi connectivity index (χ3n) is 5.47. The van der Waals surface area contributed by atoms with Gasteiger partial charge in [0.15, 0.2) is 11.5 Å². The van der Waals surface area contributed by atoms with E-state index in [9.17, 15) is 15.3 Å². The lowest BCUT2D eigenvalue weighted by Crippen LogP contribution is -2.09. The van der Waals surface area contributed by atoms with Gasteiger partial charge in [0.2, 0.25) is 0 Å². The number of nitrogens with zero attached hydrogens (tertiary/aromatic N) is 2. The summed E-state index contributed by atoms with van der Waals surface area (Å²) < 4.78 is 14.1. The number of hydrogen-bond acceptors (Lipinski definition) is 9. The second-order valence-corrected chi connectivity index (χ2v) is 13.1. The van der Waals surface area contributed by atoms with Gasteiger partial charge in [0.25, 0.3) is 0 Å². The van der Waals surface area contributed by atoms with Crippen molar-refractivity contribution in [1.29, 1.82) is 10.5 Å². The molecule has 0 radical (unpaired) electrons. The molecule has 0 bridgehead atoms. The van der Waals surface area contributed by atoms with Crippen LogP contribution in [0.1, 0.15) is 79.1 Å². The molecule has 0 spiro atoms. The predicted octanol–water partition coefficient (Wildman–Crippen LogP) is 9.55. The molecule has 0 aromatic heterocycles. The lowest BCUT2D eigenvalue weighted by molar-refractivity contribution is -0.134. The normalized spacial score (nSPS) is 16.5. The summed E-state index contributed by atoms with van der Waals surface area (Å²) in [6, 6.07) is 4.47. The van der Waals surface area contributed by atoms with Crippen molar-refractivity contribution in [2.45, 2.75) is 98.6 Å². The van der Waals surface area contributed by atoms with Crippen LogP contribution in [0.15, 0.2) is 51.5 Å². The maximum atomic E-state index is 12.8. The molecule has 2 aliphatic rings. The van der Waals surface area contributed by atoms with Crippen molar-refractivity contribution >= 4 is 53.0 Å². The third kappa shape index (κ3) is 6.69. The van der Waals surface area contributed by atoms with Crippen molar-refractivity contribution in [2.75, 3.05) is 0 Å². The van der Waals surface area contributed by atoms with E-state index in [2.05, 4.69) is 32.6 Å². The summed E-state index contributed by atoms with van der Waals surface area (Å²) in [5, 5.41) is 19.0. The van der Waals surface area contributed by atoms with Crippen LogP contribution in [-0.2, 0) is 4.79 Å². The number of carbonyl (C=O) groups is 1. The zero-order chi connectivity index (χ0) is 26.2. The molecule has 2 heterocycles. The molecule has 2 aliphatic heterocycles. The minimum Gasteiger partial charge on any atom is -0.460 e. The number of carbonyl (C=O) groups excluding carboxylic acids is 1. The van der Waals surface area contributed by atoms with Gasteiger partial charge in [-0.25, -0.2) is 0 Å². The van der Waals surface area contributed by atoms with Crippen LogP contribution in [0.2, 0.25) is 0 Å². The standard InChI is InChI=1S/C27H30N2O3S4/c1-6-8-10-12-18(5)31-20-22-24(35-26(33-22)16(3)14-28)21(32-19(30)13-11-9-7-2)25-23(20)34-27(36-25)17(4)15-29/h5-13H2,1-4H3/b26-16+,27-17+. The second kappa shape index (κ2) is 13.6. The highest BCUT2D eigenvalue weighted by Crippen LogP contribution is 2.68. The van der Waals surface area contributed by atoms with Crippen molar-refractivity contribution < 1.29 is 14.3 Å². The van der Waals surface area contributed by atoms with Crippen molar-refractivity contribution in [3.63, 3.8) is 0 Å². The Balaban J connectivity index is 2.11. The van der Waals surface area contributed by atoms with Crippen LogP contribution in [0, 0.1) is 22.7 Å². The Kier molecular flexibility index (Phi) is 10.8. The van der Waals surface area contributed by atoms with E-state index >= 15 is 0 Å². The number of unbranched alkanes of at least 4 members (excludes halogenated alkanes) is 4. The number of nitriles is 2. The number of allylic oxidation sites excluding steroid dienone is 3. The van der Waals surface area contributed by atoms with E-state index in [0.717, 1.165) is 73.0 Å². The lowest BCUT2D eigenvalue weighted by Gasteiger charge is -2.18. The maximum Gasteiger partial charge on any atom is 0.311 e. The molecule has 9 heteroatoms. The molecule has 190 valence electrons.